The highest BCUT2D eigenvalue weighted by molar-refractivity contribution is 6.13. The fourth-order valence-electron chi connectivity index (χ4n) is 4.55. The lowest BCUT2D eigenvalue weighted by Gasteiger charge is -2.32. The molecule has 1 heterocycles. The van der Waals surface area contributed by atoms with E-state index in [1.54, 1.807) is 73.7 Å². The molecule has 0 spiro atoms. The van der Waals surface area contributed by atoms with Gasteiger partial charge < -0.3 is 25.0 Å². The van der Waals surface area contributed by atoms with E-state index in [-0.39, 0.29) is 17.5 Å². The molecule has 1 fully saturated rings. The van der Waals surface area contributed by atoms with Crippen LogP contribution in [0.4, 0.5) is 11.4 Å². The van der Waals surface area contributed by atoms with Crippen molar-refractivity contribution in [1.82, 2.24) is 4.90 Å². The van der Waals surface area contributed by atoms with Gasteiger partial charge in [-0.3, -0.25) is 19.8 Å². The van der Waals surface area contributed by atoms with Gasteiger partial charge in [-0.1, -0.05) is 18.1 Å². The van der Waals surface area contributed by atoms with Gasteiger partial charge in [0.1, 0.15) is 11.6 Å². The summed E-state index contributed by atoms with van der Waals surface area (Å²) in [7, 11) is 1.50. The van der Waals surface area contributed by atoms with E-state index in [9.17, 15) is 14.4 Å². The number of terminal acetylenes is 1. The quantitative estimate of drug-likeness (QED) is 0.160. The first-order valence-electron chi connectivity index (χ1n) is 13.3. The van der Waals surface area contributed by atoms with Crippen LogP contribution in [-0.2, 0) is 9.53 Å². The first-order chi connectivity index (χ1) is 19.8. The molecule has 41 heavy (non-hydrogen) atoms. The fraction of sp³-hybridized carbons (Fsp3) is 0.250. The predicted molar refractivity (Wildman–Crippen MR) is 157 cm³/mol. The molecule has 210 valence electrons. The Balaban J connectivity index is 1.42. The van der Waals surface area contributed by atoms with Crippen LogP contribution in [0.3, 0.4) is 0 Å². The topological polar surface area (TPSA) is 121 Å². The van der Waals surface area contributed by atoms with E-state index in [4.69, 9.17) is 21.3 Å². The Kier molecular flexibility index (Phi) is 9.38. The van der Waals surface area contributed by atoms with Gasteiger partial charge in [-0.2, -0.15) is 0 Å². The number of benzene rings is 3. The van der Waals surface area contributed by atoms with Crippen LogP contribution >= 0.6 is 0 Å². The fourth-order valence-corrected chi connectivity index (χ4v) is 4.55. The number of anilines is 2. The zero-order valence-electron chi connectivity index (χ0n) is 23.0. The minimum Gasteiger partial charge on any atom is -0.497 e. The highest BCUT2D eigenvalue weighted by atomic mass is 16.5. The van der Waals surface area contributed by atoms with Crippen LogP contribution in [-0.4, -0.2) is 55.3 Å². The second kappa shape index (κ2) is 13.3. The molecule has 1 aliphatic heterocycles. The summed E-state index contributed by atoms with van der Waals surface area (Å²) in [6.45, 7) is 3.33. The number of carbonyl (C=O) groups excluding carboxylic acids is 3. The monoisotopic (exact) mass is 552 g/mol. The normalized spacial score (nSPS) is 13.0. The molecular weight excluding hydrogens is 520 g/mol. The van der Waals surface area contributed by atoms with Crippen LogP contribution in [0.2, 0.25) is 0 Å². The van der Waals surface area contributed by atoms with Gasteiger partial charge in [-0.15, -0.1) is 6.42 Å². The number of carbonyl (C=O) groups is 3. The lowest BCUT2D eigenvalue weighted by atomic mass is 9.96. The number of piperidine rings is 1. The van der Waals surface area contributed by atoms with Crippen molar-refractivity contribution in [2.75, 3.05) is 37.4 Å². The highest BCUT2D eigenvalue weighted by Gasteiger charge is 2.27. The van der Waals surface area contributed by atoms with Crippen molar-refractivity contribution in [3.8, 4) is 18.1 Å². The molecule has 9 heteroatoms. The average molecular weight is 553 g/mol. The molecule has 4 rings (SSSR count). The lowest BCUT2D eigenvalue weighted by molar-refractivity contribution is -0.149. The van der Waals surface area contributed by atoms with Crippen molar-refractivity contribution < 1.29 is 23.9 Å². The van der Waals surface area contributed by atoms with Crippen LogP contribution in [0.15, 0.2) is 66.7 Å². The standard InChI is InChI=1S/C32H32N4O5/c1-4-21-6-12-25(13-7-21)34-31(38)27-20-26(40-3)14-15-28(27)35-30(37)23-10-8-22(9-11-23)29(33)36-18-16-24(17-19-36)32(39)41-5-2/h1,6-15,20,24,33H,5,16-19H2,2-3H3,(H,34,38)(H,35,37). The van der Waals surface area contributed by atoms with Crippen molar-refractivity contribution in [2.24, 2.45) is 5.92 Å². The first-order valence-corrected chi connectivity index (χ1v) is 13.3. The van der Waals surface area contributed by atoms with E-state index in [1.165, 1.54) is 7.11 Å². The third kappa shape index (κ3) is 7.11. The van der Waals surface area contributed by atoms with Crippen LogP contribution < -0.4 is 15.4 Å². The van der Waals surface area contributed by atoms with E-state index in [2.05, 4.69) is 16.6 Å². The molecule has 1 aliphatic rings. The maximum absolute atomic E-state index is 13.1. The average Bonchev–Trinajstić information content (AvgIpc) is 3.01. The van der Waals surface area contributed by atoms with Gasteiger partial charge in [-0.05, 0) is 74.4 Å². The number of rotatable bonds is 8. The van der Waals surface area contributed by atoms with E-state index in [0.29, 0.717) is 72.2 Å². The number of nitrogens with zero attached hydrogens (tertiary/aromatic N) is 1. The number of hydrogen-bond donors (Lipinski definition) is 3. The van der Waals surface area contributed by atoms with E-state index in [1.807, 2.05) is 4.90 Å². The number of nitrogens with one attached hydrogen (secondary N) is 3. The van der Waals surface area contributed by atoms with Gasteiger partial charge in [-0.25, -0.2) is 0 Å². The zero-order valence-corrected chi connectivity index (χ0v) is 23.0. The van der Waals surface area contributed by atoms with Crippen molar-refractivity contribution in [1.29, 1.82) is 5.41 Å². The predicted octanol–water partition coefficient (Wildman–Crippen LogP) is 4.78. The Labute approximate surface area is 239 Å². The third-order valence-corrected chi connectivity index (χ3v) is 6.88. The number of hydrogen-bond acceptors (Lipinski definition) is 6. The van der Waals surface area contributed by atoms with Gasteiger partial charge >= 0.3 is 5.97 Å². The largest absolute Gasteiger partial charge is 0.497 e. The van der Waals surface area contributed by atoms with Crippen molar-refractivity contribution >= 4 is 35.0 Å². The smallest absolute Gasteiger partial charge is 0.309 e. The molecule has 9 nitrogen and oxygen atoms in total. The van der Waals surface area contributed by atoms with Crippen molar-refractivity contribution in [3.63, 3.8) is 0 Å². The van der Waals surface area contributed by atoms with Crippen LogP contribution in [0.5, 0.6) is 5.75 Å². The molecule has 0 aliphatic carbocycles. The second-order valence-electron chi connectivity index (χ2n) is 9.48. The summed E-state index contributed by atoms with van der Waals surface area (Å²) < 4.78 is 10.4. The number of amides is 2. The minimum atomic E-state index is -0.428. The molecule has 0 aromatic heterocycles. The Bertz CT molecular complexity index is 1470. The Morgan fingerprint density at radius 3 is 2.22 bits per heavy atom. The number of esters is 1. The molecule has 0 unspecified atom stereocenters. The first kappa shape index (κ1) is 28.9. The summed E-state index contributed by atoms with van der Waals surface area (Å²) in [5.74, 6) is 2.18. The number of amidine groups is 1. The molecule has 0 atom stereocenters. The van der Waals surface area contributed by atoms with Crippen LogP contribution in [0.1, 0.15) is 51.6 Å². The number of likely N-dealkylation sites (tertiary alicyclic amines) is 1. The summed E-state index contributed by atoms with van der Waals surface area (Å²) in [4.78, 5) is 40.2. The zero-order chi connectivity index (χ0) is 29.4. The van der Waals surface area contributed by atoms with Crippen molar-refractivity contribution in [3.05, 3.63) is 89.0 Å². The molecular formula is C32H32N4O5. The number of methoxy groups -OCH3 is 1. The summed E-state index contributed by atoms with van der Waals surface area (Å²) in [6, 6.07) is 18.4. The molecule has 3 aromatic carbocycles. The SMILES string of the molecule is C#Cc1ccc(NC(=O)c2cc(OC)ccc2NC(=O)c2ccc(C(=N)N3CCC(C(=O)OCC)CC3)cc2)cc1. The molecule has 3 aromatic rings. The molecule has 0 saturated carbocycles. The molecule has 0 radical (unpaired) electrons. The molecule has 1 saturated heterocycles. The summed E-state index contributed by atoms with van der Waals surface area (Å²) in [6.07, 6.45) is 6.67. The minimum absolute atomic E-state index is 0.135. The van der Waals surface area contributed by atoms with Gasteiger partial charge in [0, 0.05) is 35.5 Å². The Morgan fingerprint density at radius 1 is 0.951 bits per heavy atom. The van der Waals surface area contributed by atoms with E-state index >= 15 is 0 Å². The summed E-state index contributed by atoms with van der Waals surface area (Å²) >= 11 is 0. The highest BCUT2D eigenvalue weighted by Crippen LogP contribution is 2.25. The Morgan fingerprint density at radius 2 is 1.61 bits per heavy atom. The summed E-state index contributed by atoms with van der Waals surface area (Å²) in [5, 5.41) is 14.2. The molecule has 3 N–H and O–H groups in total. The van der Waals surface area contributed by atoms with Crippen LogP contribution in [0.25, 0.3) is 0 Å². The van der Waals surface area contributed by atoms with Gasteiger partial charge in [0.15, 0.2) is 0 Å². The van der Waals surface area contributed by atoms with E-state index < -0.39 is 11.8 Å². The maximum Gasteiger partial charge on any atom is 0.309 e. The van der Waals surface area contributed by atoms with Crippen LogP contribution in [0, 0.1) is 23.7 Å². The molecule has 2 amide bonds. The third-order valence-electron chi connectivity index (χ3n) is 6.88. The maximum atomic E-state index is 13.1. The molecule has 0 bridgehead atoms. The lowest BCUT2D eigenvalue weighted by Crippen LogP contribution is -2.40. The van der Waals surface area contributed by atoms with Gasteiger partial charge in [0.25, 0.3) is 11.8 Å². The second-order valence-corrected chi connectivity index (χ2v) is 9.48. The Hall–Kier alpha value is -5.10. The van der Waals surface area contributed by atoms with Crippen molar-refractivity contribution in [2.45, 2.75) is 19.8 Å². The summed E-state index contributed by atoms with van der Waals surface area (Å²) in [5.41, 5.74) is 2.82. The van der Waals surface area contributed by atoms with Gasteiger partial charge in [0.05, 0.1) is 30.9 Å². The van der Waals surface area contributed by atoms with E-state index in [0.717, 1.165) is 0 Å². The number of ether oxygens (including phenoxy) is 2. The van der Waals surface area contributed by atoms with Gasteiger partial charge in [0.2, 0.25) is 0 Å².